The van der Waals surface area contributed by atoms with Gasteiger partial charge < -0.3 is 14.6 Å². The normalized spacial score (nSPS) is 13.0. The SMILES string of the molecule is O=C(O)[C@H](CCn1c(=O)oc2ccccc2c1=O)[C@H](O)CCc1ccc(-c2ccc(Cl)cc2)cc1. The lowest BCUT2D eigenvalue weighted by atomic mass is 9.93. The quantitative estimate of drug-likeness (QED) is 0.358. The zero-order valence-electron chi connectivity index (χ0n) is 18.8. The molecule has 0 aliphatic carbocycles. The second-order valence-electron chi connectivity index (χ2n) is 8.36. The summed E-state index contributed by atoms with van der Waals surface area (Å²) in [6.45, 7) is -0.171. The summed E-state index contributed by atoms with van der Waals surface area (Å²) in [6.07, 6.45) is -0.538. The molecule has 0 aliphatic rings. The van der Waals surface area contributed by atoms with Crippen molar-refractivity contribution >= 4 is 28.5 Å². The molecule has 0 amide bonds. The molecule has 0 bridgehead atoms. The predicted octanol–water partition coefficient (Wildman–Crippen LogP) is 4.36. The first-order valence-electron chi connectivity index (χ1n) is 11.2. The Kier molecular flexibility index (Phi) is 7.48. The van der Waals surface area contributed by atoms with Crippen molar-refractivity contribution in [2.45, 2.75) is 31.9 Å². The van der Waals surface area contributed by atoms with Crippen LogP contribution in [0.3, 0.4) is 0 Å². The molecule has 7 nitrogen and oxygen atoms in total. The summed E-state index contributed by atoms with van der Waals surface area (Å²) in [5.41, 5.74) is 2.64. The Morgan fingerprint density at radius 3 is 2.20 bits per heavy atom. The van der Waals surface area contributed by atoms with Crippen molar-refractivity contribution in [1.82, 2.24) is 4.57 Å². The van der Waals surface area contributed by atoms with Crippen LogP contribution < -0.4 is 11.3 Å². The molecule has 0 spiro atoms. The van der Waals surface area contributed by atoms with Crippen LogP contribution in [-0.2, 0) is 17.8 Å². The molecule has 2 atom stereocenters. The van der Waals surface area contributed by atoms with Crippen LogP contribution in [0.2, 0.25) is 5.02 Å². The summed E-state index contributed by atoms with van der Waals surface area (Å²) in [7, 11) is 0. The van der Waals surface area contributed by atoms with Crippen molar-refractivity contribution in [2.24, 2.45) is 5.92 Å². The minimum atomic E-state index is -1.19. The Bertz CT molecular complexity index is 1440. The lowest BCUT2D eigenvalue weighted by molar-refractivity contribution is -0.146. The van der Waals surface area contributed by atoms with Gasteiger partial charge in [0.1, 0.15) is 5.58 Å². The highest BCUT2D eigenvalue weighted by molar-refractivity contribution is 6.30. The zero-order valence-corrected chi connectivity index (χ0v) is 19.5. The first-order chi connectivity index (χ1) is 16.8. The third kappa shape index (κ3) is 5.70. The largest absolute Gasteiger partial charge is 0.481 e. The van der Waals surface area contributed by atoms with Gasteiger partial charge in [-0.15, -0.1) is 0 Å². The number of benzene rings is 3. The van der Waals surface area contributed by atoms with Crippen molar-refractivity contribution in [3.05, 3.63) is 104 Å². The molecular formula is C27H24ClNO6. The number of hydrogen-bond donors (Lipinski definition) is 2. The van der Waals surface area contributed by atoms with Gasteiger partial charge in [-0.3, -0.25) is 9.59 Å². The number of aliphatic hydroxyl groups is 1. The summed E-state index contributed by atoms with van der Waals surface area (Å²) in [5, 5.41) is 21.2. The molecule has 4 rings (SSSR count). The fourth-order valence-electron chi connectivity index (χ4n) is 4.07. The first kappa shape index (κ1) is 24.4. The Morgan fingerprint density at radius 1 is 0.914 bits per heavy atom. The van der Waals surface area contributed by atoms with E-state index >= 15 is 0 Å². The molecule has 8 heteroatoms. The van der Waals surface area contributed by atoms with Gasteiger partial charge in [-0.2, -0.15) is 0 Å². The van der Waals surface area contributed by atoms with Crippen LogP contribution in [0.4, 0.5) is 0 Å². The van der Waals surface area contributed by atoms with E-state index in [2.05, 4.69) is 0 Å². The van der Waals surface area contributed by atoms with Gasteiger partial charge in [-0.1, -0.05) is 60.1 Å². The van der Waals surface area contributed by atoms with Gasteiger partial charge in [0.05, 0.1) is 17.4 Å². The highest BCUT2D eigenvalue weighted by atomic mass is 35.5. The summed E-state index contributed by atoms with van der Waals surface area (Å²) >= 11 is 5.94. The van der Waals surface area contributed by atoms with Gasteiger partial charge in [0.15, 0.2) is 0 Å². The van der Waals surface area contributed by atoms with E-state index < -0.39 is 29.3 Å². The molecule has 1 aromatic heterocycles. The maximum Gasteiger partial charge on any atom is 0.422 e. The summed E-state index contributed by atoms with van der Waals surface area (Å²) in [4.78, 5) is 36.7. The van der Waals surface area contributed by atoms with Crippen molar-refractivity contribution in [2.75, 3.05) is 0 Å². The summed E-state index contributed by atoms with van der Waals surface area (Å²) in [6, 6.07) is 21.7. The first-order valence-corrected chi connectivity index (χ1v) is 11.6. The van der Waals surface area contributed by atoms with E-state index in [9.17, 15) is 24.6 Å². The number of rotatable bonds is 9. The molecular weight excluding hydrogens is 470 g/mol. The standard InChI is InChI=1S/C27H24ClNO6/c28-20-12-10-19(11-13-20)18-8-5-17(6-9-18)7-14-23(30)21(26(32)33)15-16-29-25(31)22-3-1-2-4-24(22)35-27(29)34/h1-6,8-13,21,23,30H,7,14-16H2,(H,32,33)/t21-,23-/m1/s1. The minimum absolute atomic E-state index is 0.0883. The molecule has 3 aromatic carbocycles. The van der Waals surface area contributed by atoms with E-state index in [1.54, 1.807) is 18.2 Å². The van der Waals surface area contributed by atoms with Crippen LogP contribution in [0.1, 0.15) is 18.4 Å². The van der Waals surface area contributed by atoms with Gasteiger partial charge in [-0.05, 0) is 60.2 Å². The number of para-hydroxylation sites is 1. The van der Waals surface area contributed by atoms with Gasteiger partial charge in [0, 0.05) is 11.6 Å². The minimum Gasteiger partial charge on any atom is -0.481 e. The number of carboxylic acid groups (broad SMARTS) is 1. The predicted molar refractivity (Wildman–Crippen MR) is 134 cm³/mol. The molecule has 0 aliphatic heterocycles. The fourth-order valence-corrected chi connectivity index (χ4v) is 4.20. The second kappa shape index (κ2) is 10.7. The zero-order chi connectivity index (χ0) is 24.9. The average molecular weight is 494 g/mol. The smallest absolute Gasteiger partial charge is 0.422 e. The van der Waals surface area contributed by atoms with E-state index in [4.69, 9.17) is 16.0 Å². The van der Waals surface area contributed by atoms with Crippen molar-refractivity contribution < 1.29 is 19.4 Å². The number of fused-ring (bicyclic) bond motifs is 1. The third-order valence-corrected chi connectivity index (χ3v) is 6.34. The lowest BCUT2D eigenvalue weighted by Gasteiger charge is -2.19. The van der Waals surface area contributed by atoms with Crippen LogP contribution in [-0.4, -0.2) is 26.9 Å². The number of aliphatic carboxylic acids is 1. The van der Waals surface area contributed by atoms with Crippen LogP contribution in [0, 0.1) is 5.92 Å². The number of hydrogen-bond acceptors (Lipinski definition) is 5. The van der Waals surface area contributed by atoms with Crippen molar-refractivity contribution in [3.8, 4) is 11.1 Å². The molecule has 2 N–H and O–H groups in total. The highest BCUT2D eigenvalue weighted by Crippen LogP contribution is 2.23. The molecule has 0 radical (unpaired) electrons. The van der Waals surface area contributed by atoms with Crippen LogP contribution in [0.5, 0.6) is 0 Å². The molecule has 0 saturated heterocycles. The van der Waals surface area contributed by atoms with Gasteiger partial charge in [0.25, 0.3) is 5.56 Å². The molecule has 4 aromatic rings. The third-order valence-electron chi connectivity index (χ3n) is 6.09. The number of halogens is 1. The van der Waals surface area contributed by atoms with Crippen LogP contribution in [0.25, 0.3) is 22.1 Å². The lowest BCUT2D eigenvalue weighted by Crippen LogP contribution is -2.36. The van der Waals surface area contributed by atoms with E-state index in [-0.39, 0.29) is 30.4 Å². The molecule has 1 heterocycles. The summed E-state index contributed by atoms with van der Waals surface area (Å²) < 4.78 is 6.05. The Morgan fingerprint density at radius 2 is 1.54 bits per heavy atom. The number of nitrogens with zero attached hydrogens (tertiary/aromatic N) is 1. The number of aromatic nitrogens is 1. The number of carboxylic acids is 1. The van der Waals surface area contributed by atoms with E-state index in [0.717, 1.165) is 21.3 Å². The maximum atomic E-state index is 12.6. The van der Waals surface area contributed by atoms with E-state index in [1.807, 2.05) is 48.5 Å². The monoisotopic (exact) mass is 493 g/mol. The Labute approximate surface area is 205 Å². The van der Waals surface area contributed by atoms with Gasteiger partial charge in [0.2, 0.25) is 0 Å². The van der Waals surface area contributed by atoms with Crippen LogP contribution in [0.15, 0.2) is 86.8 Å². The Balaban J connectivity index is 1.40. The molecule has 0 saturated carbocycles. The fraction of sp³-hybridized carbons (Fsp3) is 0.222. The summed E-state index contributed by atoms with van der Waals surface area (Å²) in [5.74, 6) is -3.18. The van der Waals surface area contributed by atoms with Gasteiger partial charge in [-0.25, -0.2) is 9.36 Å². The van der Waals surface area contributed by atoms with E-state index in [1.165, 1.54) is 6.07 Å². The number of carbonyl (C=O) groups is 1. The second-order valence-corrected chi connectivity index (χ2v) is 8.80. The van der Waals surface area contributed by atoms with Crippen molar-refractivity contribution in [1.29, 1.82) is 0 Å². The maximum absolute atomic E-state index is 12.6. The number of aryl methyl sites for hydroxylation is 1. The molecule has 0 unspecified atom stereocenters. The van der Waals surface area contributed by atoms with E-state index in [0.29, 0.717) is 11.4 Å². The molecule has 35 heavy (non-hydrogen) atoms. The highest BCUT2D eigenvalue weighted by Gasteiger charge is 2.27. The van der Waals surface area contributed by atoms with Gasteiger partial charge >= 0.3 is 11.7 Å². The molecule has 180 valence electrons. The van der Waals surface area contributed by atoms with Crippen LogP contribution >= 0.6 is 11.6 Å². The topological polar surface area (TPSA) is 110 Å². The number of aliphatic hydroxyl groups excluding tert-OH is 1. The molecule has 0 fully saturated rings. The average Bonchev–Trinajstić information content (AvgIpc) is 2.85. The van der Waals surface area contributed by atoms with Crippen molar-refractivity contribution in [3.63, 3.8) is 0 Å². The Hall–Kier alpha value is -3.68.